The van der Waals surface area contributed by atoms with Gasteiger partial charge < -0.3 is 10.1 Å². The standard InChI is InChI=1S/C21H21N3O2S/c1-2-22-21(27)24-23-20(25)17-9-7-15(8-10-17)14-26-19-12-11-16-5-3-4-6-18(16)13-19/h3-13H,2,14H2,1H3,(H,23,25)(H2,22,24,27). The first-order valence-corrected chi connectivity index (χ1v) is 9.11. The highest BCUT2D eigenvalue weighted by atomic mass is 32.1. The van der Waals surface area contributed by atoms with Crippen molar-refractivity contribution in [3.8, 4) is 5.75 Å². The third-order valence-corrected chi connectivity index (χ3v) is 4.22. The Morgan fingerprint density at radius 1 is 0.963 bits per heavy atom. The highest BCUT2D eigenvalue weighted by molar-refractivity contribution is 7.80. The van der Waals surface area contributed by atoms with E-state index in [0.717, 1.165) is 16.7 Å². The quantitative estimate of drug-likeness (QED) is 0.467. The van der Waals surface area contributed by atoms with Gasteiger partial charge >= 0.3 is 0 Å². The third-order valence-electron chi connectivity index (χ3n) is 3.97. The smallest absolute Gasteiger partial charge is 0.269 e. The van der Waals surface area contributed by atoms with Crippen LogP contribution in [0.1, 0.15) is 22.8 Å². The van der Waals surface area contributed by atoms with Crippen LogP contribution in [0.25, 0.3) is 10.8 Å². The van der Waals surface area contributed by atoms with Gasteiger partial charge in [0.05, 0.1) is 0 Å². The lowest BCUT2D eigenvalue weighted by molar-refractivity contribution is 0.0943. The van der Waals surface area contributed by atoms with E-state index in [1.54, 1.807) is 12.1 Å². The monoisotopic (exact) mass is 379 g/mol. The molecule has 0 atom stereocenters. The molecule has 3 aromatic rings. The van der Waals surface area contributed by atoms with Crippen LogP contribution >= 0.6 is 12.2 Å². The Morgan fingerprint density at radius 2 is 1.70 bits per heavy atom. The van der Waals surface area contributed by atoms with Crippen molar-refractivity contribution < 1.29 is 9.53 Å². The van der Waals surface area contributed by atoms with Crippen LogP contribution in [0, 0.1) is 0 Å². The fourth-order valence-electron chi connectivity index (χ4n) is 2.57. The summed E-state index contributed by atoms with van der Waals surface area (Å²) in [4.78, 5) is 12.1. The number of carbonyl (C=O) groups is 1. The van der Waals surface area contributed by atoms with Crippen molar-refractivity contribution in [1.29, 1.82) is 0 Å². The Labute approximate surface area is 163 Å². The van der Waals surface area contributed by atoms with Gasteiger partial charge in [0.2, 0.25) is 0 Å². The van der Waals surface area contributed by atoms with Gasteiger partial charge in [0.1, 0.15) is 12.4 Å². The van der Waals surface area contributed by atoms with Crippen LogP contribution in [0.2, 0.25) is 0 Å². The van der Waals surface area contributed by atoms with Crippen molar-refractivity contribution in [2.75, 3.05) is 6.54 Å². The van der Waals surface area contributed by atoms with Gasteiger partial charge in [-0.3, -0.25) is 15.6 Å². The maximum absolute atomic E-state index is 12.1. The average Bonchev–Trinajstić information content (AvgIpc) is 2.71. The molecule has 3 rings (SSSR count). The topological polar surface area (TPSA) is 62.4 Å². The van der Waals surface area contributed by atoms with E-state index in [1.807, 2.05) is 49.4 Å². The predicted molar refractivity (Wildman–Crippen MR) is 112 cm³/mol. The molecule has 0 spiro atoms. The number of nitrogens with one attached hydrogen (secondary N) is 3. The fraction of sp³-hybridized carbons (Fsp3) is 0.143. The van der Waals surface area contributed by atoms with E-state index in [4.69, 9.17) is 17.0 Å². The molecule has 1 amide bonds. The number of carbonyl (C=O) groups excluding carboxylic acids is 1. The van der Waals surface area contributed by atoms with Crippen LogP contribution < -0.4 is 20.9 Å². The molecule has 0 aliphatic rings. The van der Waals surface area contributed by atoms with E-state index in [9.17, 15) is 4.79 Å². The molecule has 0 fully saturated rings. The van der Waals surface area contributed by atoms with Crippen molar-refractivity contribution in [2.45, 2.75) is 13.5 Å². The Hall–Kier alpha value is -3.12. The molecule has 0 aromatic heterocycles. The normalized spacial score (nSPS) is 10.3. The summed E-state index contributed by atoms with van der Waals surface area (Å²) in [5.41, 5.74) is 6.73. The number of ether oxygens (including phenoxy) is 1. The first-order chi connectivity index (χ1) is 13.2. The zero-order chi connectivity index (χ0) is 19.1. The van der Waals surface area contributed by atoms with Gasteiger partial charge in [-0.2, -0.15) is 0 Å². The summed E-state index contributed by atoms with van der Waals surface area (Å²) in [6, 6.07) is 21.5. The SMILES string of the molecule is CCNC(=S)NNC(=O)c1ccc(COc2ccc3ccccc3c2)cc1. The molecule has 138 valence electrons. The zero-order valence-corrected chi connectivity index (χ0v) is 15.8. The Kier molecular flexibility index (Phi) is 6.22. The van der Waals surface area contributed by atoms with Gasteiger partial charge in [0.15, 0.2) is 5.11 Å². The molecule has 0 bridgehead atoms. The second-order valence-corrected chi connectivity index (χ2v) is 6.34. The van der Waals surface area contributed by atoms with Gasteiger partial charge in [0, 0.05) is 12.1 Å². The highest BCUT2D eigenvalue weighted by Crippen LogP contribution is 2.21. The van der Waals surface area contributed by atoms with E-state index in [0.29, 0.717) is 23.8 Å². The van der Waals surface area contributed by atoms with Gasteiger partial charge in [0.25, 0.3) is 5.91 Å². The molecule has 0 heterocycles. The van der Waals surface area contributed by atoms with Crippen molar-refractivity contribution in [3.05, 3.63) is 77.9 Å². The van der Waals surface area contributed by atoms with Crippen molar-refractivity contribution in [2.24, 2.45) is 0 Å². The number of hydrazine groups is 1. The molecule has 0 aliphatic carbocycles. The van der Waals surface area contributed by atoms with Gasteiger partial charge in [-0.05, 0) is 59.7 Å². The largest absolute Gasteiger partial charge is 0.489 e. The zero-order valence-electron chi connectivity index (χ0n) is 15.0. The van der Waals surface area contributed by atoms with Gasteiger partial charge in [-0.1, -0.05) is 42.5 Å². The molecule has 0 saturated carbocycles. The molecule has 3 aromatic carbocycles. The number of fused-ring (bicyclic) bond motifs is 1. The van der Waals surface area contributed by atoms with Crippen molar-refractivity contribution in [1.82, 2.24) is 16.2 Å². The minimum absolute atomic E-state index is 0.253. The molecule has 5 nitrogen and oxygen atoms in total. The Bertz CT molecular complexity index is 942. The number of benzene rings is 3. The minimum atomic E-state index is -0.253. The highest BCUT2D eigenvalue weighted by Gasteiger charge is 2.06. The summed E-state index contributed by atoms with van der Waals surface area (Å²) in [5, 5.41) is 5.60. The van der Waals surface area contributed by atoms with Crippen LogP contribution in [-0.2, 0) is 6.61 Å². The molecule has 6 heteroatoms. The summed E-state index contributed by atoms with van der Waals surface area (Å²) in [6.45, 7) is 3.05. The second-order valence-electron chi connectivity index (χ2n) is 5.93. The first-order valence-electron chi connectivity index (χ1n) is 8.70. The molecular weight excluding hydrogens is 358 g/mol. The number of thiocarbonyl (C=S) groups is 1. The number of hydrogen-bond acceptors (Lipinski definition) is 3. The minimum Gasteiger partial charge on any atom is -0.489 e. The lowest BCUT2D eigenvalue weighted by atomic mass is 10.1. The summed E-state index contributed by atoms with van der Waals surface area (Å²) >= 11 is 5.00. The molecule has 0 radical (unpaired) electrons. The summed E-state index contributed by atoms with van der Waals surface area (Å²) in [5.74, 6) is 0.564. The van der Waals surface area contributed by atoms with Crippen LogP contribution in [0.4, 0.5) is 0 Å². The molecular formula is C21H21N3O2S. The lowest BCUT2D eigenvalue weighted by Crippen LogP contribution is -2.46. The summed E-state index contributed by atoms with van der Waals surface area (Å²) in [7, 11) is 0. The van der Waals surface area contributed by atoms with E-state index in [2.05, 4.69) is 28.3 Å². The molecule has 0 unspecified atom stereocenters. The lowest BCUT2D eigenvalue weighted by Gasteiger charge is -2.11. The van der Waals surface area contributed by atoms with Gasteiger partial charge in [-0.15, -0.1) is 0 Å². The van der Waals surface area contributed by atoms with E-state index < -0.39 is 0 Å². The summed E-state index contributed by atoms with van der Waals surface area (Å²) < 4.78 is 5.87. The molecule has 0 saturated heterocycles. The van der Waals surface area contributed by atoms with E-state index in [-0.39, 0.29) is 5.91 Å². The van der Waals surface area contributed by atoms with Crippen LogP contribution in [-0.4, -0.2) is 17.6 Å². The third kappa shape index (κ3) is 5.18. The predicted octanol–water partition coefficient (Wildman–Crippen LogP) is 3.55. The number of hydrogen-bond donors (Lipinski definition) is 3. The second kappa shape index (κ2) is 9.00. The first kappa shape index (κ1) is 18.7. The number of amides is 1. The van der Waals surface area contributed by atoms with Crippen molar-refractivity contribution >= 4 is 34.0 Å². The molecule has 3 N–H and O–H groups in total. The van der Waals surface area contributed by atoms with Crippen LogP contribution in [0.3, 0.4) is 0 Å². The average molecular weight is 379 g/mol. The molecule has 27 heavy (non-hydrogen) atoms. The van der Waals surface area contributed by atoms with E-state index >= 15 is 0 Å². The summed E-state index contributed by atoms with van der Waals surface area (Å²) in [6.07, 6.45) is 0. The van der Waals surface area contributed by atoms with Crippen molar-refractivity contribution in [3.63, 3.8) is 0 Å². The van der Waals surface area contributed by atoms with Crippen LogP contribution in [0.5, 0.6) is 5.75 Å². The fourth-order valence-corrected chi connectivity index (χ4v) is 2.76. The Balaban J connectivity index is 1.55. The number of rotatable bonds is 5. The molecule has 0 aliphatic heterocycles. The van der Waals surface area contributed by atoms with E-state index in [1.165, 1.54) is 5.39 Å². The maximum atomic E-state index is 12.1. The van der Waals surface area contributed by atoms with Crippen LogP contribution in [0.15, 0.2) is 66.7 Å². The Morgan fingerprint density at radius 3 is 2.44 bits per heavy atom. The maximum Gasteiger partial charge on any atom is 0.269 e. The van der Waals surface area contributed by atoms with Gasteiger partial charge in [-0.25, -0.2) is 0 Å².